The number of methoxy groups -OCH3 is 1. The maximum absolute atomic E-state index is 12.1. The molecule has 6 heteroatoms. The molecule has 0 fully saturated rings. The normalized spacial score (nSPS) is 10.9. The average molecular weight is 382 g/mol. The summed E-state index contributed by atoms with van der Waals surface area (Å²) in [5, 5.41) is 0.823. The number of ether oxygens (including phenoxy) is 2. The van der Waals surface area contributed by atoms with Gasteiger partial charge in [-0.15, -0.1) is 0 Å². The molecule has 3 aromatic rings. The Balaban J connectivity index is 1.90. The van der Waals surface area contributed by atoms with Gasteiger partial charge < -0.3 is 14.0 Å². The first-order valence-electron chi connectivity index (χ1n) is 8.62. The summed E-state index contributed by atoms with van der Waals surface area (Å²) in [5.41, 5.74) is 1.68. The van der Waals surface area contributed by atoms with E-state index in [2.05, 4.69) is 18.8 Å². The van der Waals surface area contributed by atoms with Gasteiger partial charge in [-0.05, 0) is 41.8 Å². The molecule has 140 valence electrons. The van der Waals surface area contributed by atoms with Crippen molar-refractivity contribution in [2.45, 2.75) is 29.8 Å². The summed E-state index contributed by atoms with van der Waals surface area (Å²) >= 11 is 1.46. The van der Waals surface area contributed by atoms with Gasteiger partial charge >= 0.3 is 5.97 Å². The summed E-state index contributed by atoms with van der Waals surface area (Å²) in [6.07, 6.45) is 3.61. The molecule has 0 aliphatic carbocycles. The van der Waals surface area contributed by atoms with E-state index in [1.54, 1.807) is 18.3 Å². The summed E-state index contributed by atoms with van der Waals surface area (Å²) in [6, 6.07) is 13.3. The lowest BCUT2D eigenvalue weighted by atomic mass is 10.0. The second kappa shape index (κ2) is 8.31. The van der Waals surface area contributed by atoms with Crippen LogP contribution >= 0.6 is 11.8 Å². The number of carbonyl (C=O) groups is 1. The molecule has 27 heavy (non-hydrogen) atoms. The Morgan fingerprint density at radius 3 is 2.44 bits per heavy atom. The minimum Gasteiger partial charge on any atom is -0.465 e. The van der Waals surface area contributed by atoms with E-state index in [1.165, 1.54) is 24.4 Å². The summed E-state index contributed by atoms with van der Waals surface area (Å²) in [5.74, 6) is 1.35. The number of nitrogens with zero attached hydrogens (tertiary/aromatic N) is 2. The van der Waals surface area contributed by atoms with Crippen LogP contribution in [0.1, 0.15) is 35.7 Å². The molecule has 0 aliphatic heterocycles. The molecule has 1 heterocycles. The van der Waals surface area contributed by atoms with Crippen molar-refractivity contribution >= 4 is 17.7 Å². The van der Waals surface area contributed by atoms with Crippen molar-refractivity contribution in [3.8, 4) is 11.5 Å². The fourth-order valence-electron chi connectivity index (χ4n) is 2.54. The van der Waals surface area contributed by atoms with E-state index in [-0.39, 0.29) is 0 Å². The summed E-state index contributed by atoms with van der Waals surface area (Å²) in [7, 11) is 3.29. The standard InChI is InChI=1S/C21H22N2O3S/c1-14(2)15-5-7-17(8-6-15)26-18-11-16(20(24)25-4)12-19(13-18)27-21-22-9-10-23(21)3/h5-14H,1-4H3. The smallest absolute Gasteiger partial charge is 0.338 e. The summed E-state index contributed by atoms with van der Waals surface area (Å²) in [6.45, 7) is 4.30. The topological polar surface area (TPSA) is 53.4 Å². The third-order valence-electron chi connectivity index (χ3n) is 4.07. The van der Waals surface area contributed by atoms with Gasteiger partial charge in [0.05, 0.1) is 12.7 Å². The number of hydrogen-bond donors (Lipinski definition) is 0. The van der Waals surface area contributed by atoms with Crippen LogP contribution in [0.5, 0.6) is 11.5 Å². The predicted octanol–water partition coefficient (Wildman–Crippen LogP) is 5.27. The molecule has 0 N–H and O–H groups in total. The van der Waals surface area contributed by atoms with Gasteiger partial charge in [-0.1, -0.05) is 37.7 Å². The van der Waals surface area contributed by atoms with Crippen molar-refractivity contribution in [3.63, 3.8) is 0 Å². The number of imidazole rings is 1. The van der Waals surface area contributed by atoms with Crippen LogP contribution in [0, 0.1) is 0 Å². The van der Waals surface area contributed by atoms with Crippen LogP contribution < -0.4 is 4.74 Å². The van der Waals surface area contributed by atoms with Crippen molar-refractivity contribution in [2.24, 2.45) is 7.05 Å². The van der Waals surface area contributed by atoms with E-state index in [0.29, 0.717) is 23.0 Å². The molecule has 0 amide bonds. The number of aromatic nitrogens is 2. The Kier molecular flexibility index (Phi) is 5.86. The van der Waals surface area contributed by atoms with E-state index >= 15 is 0 Å². The summed E-state index contributed by atoms with van der Waals surface area (Å²) in [4.78, 5) is 17.2. The Morgan fingerprint density at radius 2 is 1.85 bits per heavy atom. The van der Waals surface area contributed by atoms with Crippen LogP contribution in [0.3, 0.4) is 0 Å². The molecule has 2 aromatic carbocycles. The van der Waals surface area contributed by atoms with E-state index in [0.717, 1.165) is 10.1 Å². The van der Waals surface area contributed by atoms with Crippen LogP contribution in [0.4, 0.5) is 0 Å². The zero-order valence-corrected chi connectivity index (χ0v) is 16.6. The fourth-order valence-corrected chi connectivity index (χ4v) is 3.43. The van der Waals surface area contributed by atoms with Gasteiger partial charge in [0.15, 0.2) is 5.16 Å². The molecule has 0 aliphatic rings. The van der Waals surface area contributed by atoms with Crippen molar-refractivity contribution in [2.75, 3.05) is 7.11 Å². The molecule has 0 radical (unpaired) electrons. The Bertz CT molecular complexity index is 933. The van der Waals surface area contributed by atoms with Crippen LogP contribution in [0.2, 0.25) is 0 Å². The first kappa shape index (κ1) is 19.0. The Morgan fingerprint density at radius 1 is 1.11 bits per heavy atom. The minimum absolute atomic E-state index is 0.405. The monoisotopic (exact) mass is 382 g/mol. The second-order valence-corrected chi connectivity index (χ2v) is 7.47. The highest BCUT2D eigenvalue weighted by Crippen LogP contribution is 2.33. The number of esters is 1. The highest BCUT2D eigenvalue weighted by molar-refractivity contribution is 7.99. The van der Waals surface area contributed by atoms with E-state index in [9.17, 15) is 4.79 Å². The number of carbonyl (C=O) groups excluding carboxylic acids is 1. The maximum Gasteiger partial charge on any atom is 0.338 e. The molecule has 1 aromatic heterocycles. The molecular weight excluding hydrogens is 360 g/mol. The fraction of sp³-hybridized carbons (Fsp3) is 0.238. The first-order valence-corrected chi connectivity index (χ1v) is 9.44. The molecule has 0 atom stereocenters. The SMILES string of the molecule is COC(=O)c1cc(Oc2ccc(C(C)C)cc2)cc(Sc2nccn2C)c1. The third-order valence-corrected chi connectivity index (χ3v) is 5.12. The number of hydrogen-bond acceptors (Lipinski definition) is 5. The average Bonchev–Trinajstić information content (AvgIpc) is 3.06. The van der Waals surface area contributed by atoms with Gasteiger partial charge in [-0.2, -0.15) is 0 Å². The lowest BCUT2D eigenvalue weighted by molar-refractivity contribution is 0.0600. The number of rotatable bonds is 6. The molecular formula is C21H22N2O3S. The van der Waals surface area contributed by atoms with Gasteiger partial charge in [0, 0.05) is 24.3 Å². The lowest BCUT2D eigenvalue weighted by Gasteiger charge is -2.11. The van der Waals surface area contributed by atoms with E-state index in [1.807, 2.05) is 48.1 Å². The predicted molar refractivity (Wildman–Crippen MR) is 106 cm³/mol. The molecule has 5 nitrogen and oxygen atoms in total. The zero-order chi connectivity index (χ0) is 19.4. The third kappa shape index (κ3) is 4.71. The maximum atomic E-state index is 12.1. The molecule has 3 rings (SSSR count). The largest absolute Gasteiger partial charge is 0.465 e. The Labute approximate surface area is 163 Å². The molecule has 0 unspecified atom stereocenters. The Hall–Kier alpha value is -2.73. The number of aryl methyl sites for hydroxylation is 1. The van der Waals surface area contributed by atoms with Gasteiger partial charge in [0.1, 0.15) is 11.5 Å². The quantitative estimate of drug-likeness (QED) is 0.543. The van der Waals surface area contributed by atoms with Crippen molar-refractivity contribution in [1.82, 2.24) is 9.55 Å². The second-order valence-electron chi connectivity index (χ2n) is 6.43. The summed E-state index contributed by atoms with van der Waals surface area (Å²) < 4.78 is 12.8. The van der Waals surface area contributed by atoms with E-state index in [4.69, 9.17) is 9.47 Å². The van der Waals surface area contributed by atoms with Crippen LogP contribution in [-0.2, 0) is 11.8 Å². The van der Waals surface area contributed by atoms with Crippen molar-refractivity contribution < 1.29 is 14.3 Å². The van der Waals surface area contributed by atoms with Gasteiger partial charge in [-0.3, -0.25) is 0 Å². The van der Waals surface area contributed by atoms with Crippen molar-refractivity contribution in [3.05, 3.63) is 66.0 Å². The highest BCUT2D eigenvalue weighted by Gasteiger charge is 2.13. The van der Waals surface area contributed by atoms with Crippen LogP contribution in [0.25, 0.3) is 0 Å². The van der Waals surface area contributed by atoms with Gasteiger partial charge in [0.25, 0.3) is 0 Å². The van der Waals surface area contributed by atoms with Crippen LogP contribution in [0.15, 0.2) is 64.9 Å². The van der Waals surface area contributed by atoms with Crippen LogP contribution in [-0.4, -0.2) is 22.6 Å². The molecule has 0 saturated heterocycles. The minimum atomic E-state index is -0.405. The zero-order valence-electron chi connectivity index (χ0n) is 15.8. The number of benzene rings is 2. The van der Waals surface area contributed by atoms with E-state index < -0.39 is 5.97 Å². The van der Waals surface area contributed by atoms with Gasteiger partial charge in [0.2, 0.25) is 0 Å². The molecule has 0 saturated carbocycles. The van der Waals surface area contributed by atoms with Gasteiger partial charge in [-0.25, -0.2) is 9.78 Å². The molecule has 0 bridgehead atoms. The van der Waals surface area contributed by atoms with Crippen molar-refractivity contribution in [1.29, 1.82) is 0 Å². The first-order chi connectivity index (χ1) is 13.0. The highest BCUT2D eigenvalue weighted by atomic mass is 32.2. The lowest BCUT2D eigenvalue weighted by Crippen LogP contribution is -2.02. The molecule has 0 spiro atoms.